The number of aromatic carboxylic acids is 1. The van der Waals surface area contributed by atoms with Gasteiger partial charge in [0.2, 0.25) is 5.43 Å². The topological polar surface area (TPSA) is 232 Å². The van der Waals surface area contributed by atoms with Crippen molar-refractivity contribution in [3.63, 3.8) is 0 Å². The summed E-state index contributed by atoms with van der Waals surface area (Å²) in [7, 11) is 9.00. The van der Waals surface area contributed by atoms with E-state index >= 15 is 0 Å². The van der Waals surface area contributed by atoms with Crippen LogP contribution in [0, 0.1) is 23.7 Å². The molecule has 1 aromatic heterocycles. The Balaban J connectivity index is 1.20. The summed E-state index contributed by atoms with van der Waals surface area (Å²) in [5, 5.41) is 24.7. The quantitative estimate of drug-likeness (QED) is 0.0788. The smallest absolute Gasteiger partial charge is 0.408 e. The maximum Gasteiger partial charge on any atom is 0.408 e. The number of fused-ring (bicyclic) bond motifs is 2. The lowest BCUT2D eigenvalue weighted by atomic mass is 9.73. The Kier molecular flexibility index (Phi) is 21.5. The van der Waals surface area contributed by atoms with E-state index in [9.17, 15) is 34.2 Å². The number of nitrogens with one attached hydrogen (secondary N) is 1. The monoisotopic (exact) mass is 1120 g/mol. The van der Waals surface area contributed by atoms with Crippen molar-refractivity contribution in [2.24, 2.45) is 23.7 Å². The Labute approximate surface area is 465 Å². The summed E-state index contributed by atoms with van der Waals surface area (Å²) < 4.78 is 60.5. The Bertz CT molecular complexity index is 2460. The van der Waals surface area contributed by atoms with E-state index in [0.29, 0.717) is 36.9 Å². The number of hydrogen-bond acceptors (Lipinski definition) is 18. The third-order valence-electron chi connectivity index (χ3n) is 17.2. The minimum atomic E-state index is -1.39. The van der Waals surface area contributed by atoms with Crippen LogP contribution in [0.25, 0.3) is 10.9 Å². The van der Waals surface area contributed by atoms with E-state index in [0.717, 1.165) is 23.7 Å². The predicted octanol–water partition coefficient (Wildman–Crippen LogP) is 6.37. The van der Waals surface area contributed by atoms with Crippen LogP contribution in [0.5, 0.6) is 0 Å². The lowest BCUT2D eigenvalue weighted by Gasteiger charge is -2.50. The van der Waals surface area contributed by atoms with Gasteiger partial charge in [0.05, 0.1) is 53.1 Å². The van der Waals surface area contributed by atoms with Crippen molar-refractivity contribution in [1.29, 1.82) is 0 Å². The van der Waals surface area contributed by atoms with Gasteiger partial charge in [0.25, 0.3) is 0 Å². The van der Waals surface area contributed by atoms with Crippen molar-refractivity contribution >= 4 is 46.5 Å². The van der Waals surface area contributed by atoms with E-state index in [-0.39, 0.29) is 42.8 Å². The molecule has 4 aliphatic heterocycles. The van der Waals surface area contributed by atoms with E-state index in [1.54, 1.807) is 57.4 Å². The van der Waals surface area contributed by atoms with Crippen LogP contribution in [0.15, 0.2) is 34.1 Å². The van der Waals surface area contributed by atoms with Crippen LogP contribution in [-0.4, -0.2) is 193 Å². The molecule has 0 aliphatic carbocycles. The highest BCUT2D eigenvalue weighted by molar-refractivity contribution is 7.99. The normalized spacial score (nSPS) is 37.2. The van der Waals surface area contributed by atoms with Crippen molar-refractivity contribution in [3.05, 3.63) is 40.2 Å². The molecule has 4 saturated heterocycles. The number of amides is 1. The molecule has 20 nitrogen and oxygen atoms in total. The fraction of sp³-hybridized carbons (Fsp3) is 0.772. The molecule has 4 fully saturated rings. The molecular weight excluding hydrogens is 1030 g/mol. The summed E-state index contributed by atoms with van der Waals surface area (Å²) in [5.41, 5.74) is -3.60. The molecule has 3 N–H and O–H groups in total. The van der Waals surface area contributed by atoms with Crippen molar-refractivity contribution in [2.75, 3.05) is 60.8 Å². The van der Waals surface area contributed by atoms with Gasteiger partial charge in [-0.2, -0.15) is 0 Å². The van der Waals surface area contributed by atoms with E-state index < -0.39 is 119 Å². The minimum Gasteiger partial charge on any atom is -0.477 e. The van der Waals surface area contributed by atoms with Crippen LogP contribution >= 0.6 is 11.8 Å². The fourth-order valence-corrected chi connectivity index (χ4v) is 13.5. The molecule has 1 aromatic carbocycles. The number of aromatic nitrogens is 1. The number of nitrogens with zero attached hydrogens (tertiary/aromatic N) is 3. The molecule has 18 atom stereocenters. The molecule has 440 valence electrons. The number of carboxylic acids is 1. The van der Waals surface area contributed by atoms with Crippen LogP contribution in [0.1, 0.15) is 119 Å². The Morgan fingerprint density at radius 2 is 1.59 bits per heavy atom. The SMILES string of the molecule is CC[C@H]1OC(=O)[C@H](C)[C@@H](O[C@H]2C[C@@](C)(OC)[C@@H](OCCCN(C)CCSc3ccc4c(c3)c(=O)c(C(=O)O)cn4CC)[C@H](C)O2)[C@H](C)[C@@H](O[C@@H]2O[C@H](C)C[C@H](N(C)C)[C@H]2O)[C@](C)(OC)C[C@@H](C)C(=O)[C@H](C)[C@H]2NC(=O)O[C@@]21C. The number of thioether (sulfide) groups is 1. The molecule has 6 rings (SSSR count). The lowest BCUT2D eigenvalue weighted by molar-refractivity contribution is -0.322. The van der Waals surface area contributed by atoms with Crippen molar-refractivity contribution < 1.29 is 72.0 Å². The van der Waals surface area contributed by atoms with E-state index in [1.807, 2.05) is 93.6 Å². The number of Topliss-reactive ketones (excluding diaryl/α,β-unsaturated/α-hetero) is 1. The van der Waals surface area contributed by atoms with E-state index in [1.165, 1.54) is 6.20 Å². The Hall–Kier alpha value is -3.74. The lowest BCUT2D eigenvalue weighted by Crippen LogP contribution is -2.61. The molecule has 0 radical (unpaired) electrons. The number of aliphatic hydroxyl groups excluding tert-OH is 1. The number of ketones is 1. The second kappa shape index (κ2) is 26.4. The Morgan fingerprint density at radius 1 is 0.910 bits per heavy atom. The predicted molar refractivity (Wildman–Crippen MR) is 294 cm³/mol. The molecular formula is C57H90N4O16S. The number of benzene rings is 1. The van der Waals surface area contributed by atoms with Crippen LogP contribution < -0.4 is 10.7 Å². The molecule has 0 bridgehead atoms. The maximum absolute atomic E-state index is 14.8. The first kappa shape index (κ1) is 63.4. The number of carboxylic acid groups (broad SMARTS) is 1. The highest BCUT2D eigenvalue weighted by atomic mass is 32.2. The average molecular weight is 1120 g/mol. The summed E-state index contributed by atoms with van der Waals surface area (Å²) in [6, 6.07) is 4.48. The van der Waals surface area contributed by atoms with Crippen LogP contribution in [-0.2, 0) is 58.8 Å². The highest BCUT2D eigenvalue weighted by Crippen LogP contribution is 2.43. The number of carbonyl (C=O) groups excluding carboxylic acids is 3. The summed E-state index contributed by atoms with van der Waals surface area (Å²) in [6.45, 7) is 22.7. The highest BCUT2D eigenvalue weighted by Gasteiger charge is 2.58. The summed E-state index contributed by atoms with van der Waals surface area (Å²) in [6.07, 6.45) is -4.79. The van der Waals surface area contributed by atoms with Gasteiger partial charge >= 0.3 is 18.0 Å². The minimum absolute atomic E-state index is 0.150. The molecule has 78 heavy (non-hydrogen) atoms. The third-order valence-corrected chi connectivity index (χ3v) is 18.2. The number of pyridine rings is 1. The molecule has 5 heterocycles. The van der Waals surface area contributed by atoms with Gasteiger partial charge in [-0.3, -0.25) is 14.4 Å². The number of methoxy groups -OCH3 is 2. The van der Waals surface area contributed by atoms with Gasteiger partial charge in [-0.25, -0.2) is 9.59 Å². The molecule has 0 spiro atoms. The van der Waals surface area contributed by atoms with Gasteiger partial charge < -0.3 is 72.5 Å². The number of alkyl carbamates (subject to hydrolysis) is 1. The van der Waals surface area contributed by atoms with Crippen molar-refractivity contribution in [3.8, 4) is 0 Å². The van der Waals surface area contributed by atoms with Gasteiger partial charge in [-0.05, 0) is 113 Å². The third kappa shape index (κ3) is 13.8. The number of rotatable bonds is 19. The maximum atomic E-state index is 14.8. The second-order valence-corrected chi connectivity index (χ2v) is 24.3. The number of hydrogen-bond donors (Lipinski definition) is 3. The van der Waals surface area contributed by atoms with Gasteiger partial charge in [0, 0.05) is 92.9 Å². The van der Waals surface area contributed by atoms with Crippen molar-refractivity contribution in [1.82, 2.24) is 19.7 Å². The number of aryl methyl sites for hydroxylation is 1. The molecule has 0 unspecified atom stereocenters. The molecule has 2 aromatic rings. The zero-order valence-electron chi connectivity index (χ0n) is 48.9. The first-order valence-electron chi connectivity index (χ1n) is 27.8. The molecule has 0 saturated carbocycles. The zero-order valence-corrected chi connectivity index (χ0v) is 49.7. The van der Waals surface area contributed by atoms with Crippen LogP contribution in [0.2, 0.25) is 0 Å². The molecule has 1 amide bonds. The number of ether oxygens (including phenoxy) is 9. The largest absolute Gasteiger partial charge is 0.477 e. The molecule has 21 heteroatoms. The molecule has 4 aliphatic rings. The number of likely N-dealkylation sites (N-methyl/N-ethyl adjacent to an activating group) is 1. The van der Waals surface area contributed by atoms with Crippen LogP contribution in [0.3, 0.4) is 0 Å². The van der Waals surface area contributed by atoms with Crippen LogP contribution in [0.4, 0.5) is 4.79 Å². The van der Waals surface area contributed by atoms with Crippen molar-refractivity contribution in [2.45, 2.75) is 204 Å². The van der Waals surface area contributed by atoms with Gasteiger partial charge in [-0.15, -0.1) is 11.8 Å². The number of esters is 1. The van der Waals surface area contributed by atoms with E-state index in [4.69, 9.17) is 42.6 Å². The number of aliphatic hydroxyl groups is 1. The van der Waals surface area contributed by atoms with Gasteiger partial charge in [-0.1, -0.05) is 27.7 Å². The second-order valence-electron chi connectivity index (χ2n) is 23.2. The summed E-state index contributed by atoms with van der Waals surface area (Å²) >= 11 is 1.60. The fourth-order valence-electron chi connectivity index (χ4n) is 12.5. The summed E-state index contributed by atoms with van der Waals surface area (Å²) in [5.74, 6) is -4.40. The summed E-state index contributed by atoms with van der Waals surface area (Å²) in [4.78, 5) is 72.3. The first-order chi connectivity index (χ1) is 36.7. The number of cyclic esters (lactones) is 1. The first-order valence-corrected chi connectivity index (χ1v) is 28.8. The zero-order chi connectivity index (χ0) is 57.8. The number of carbonyl (C=O) groups is 4. The van der Waals surface area contributed by atoms with Gasteiger partial charge in [0.1, 0.15) is 29.7 Å². The van der Waals surface area contributed by atoms with E-state index in [2.05, 4.69) is 10.2 Å². The standard InChI is InChI=1S/C57H90N4O16S/c1-17-42-57(11)48(58-54(68)77-57)33(5)44(62)31(3)28-55(9,69-15)49(76-53-46(64)41(59(12)13)26-32(4)72-53)34(6)47(35(7)52(67)74-42)75-43-29-56(10,70-16)50(36(8)73-43)71-24-19-22-60(14)23-25-78-37-20-21-40-38(27-37)45(63)39(51(65)66)30-61(40)18-2/h20-21,27,30-36,41-43,46-50,53,64H,17-19,22-26,28-29H2,1-16H3,(H,58,68)(H,65,66)/t31-,32-,33+,34+,35-,36+,41+,42-,43+,46-,47+,48-,49-,50+,53+,55-,56-,57-/m1/s1. The van der Waals surface area contributed by atoms with Gasteiger partial charge in [0.15, 0.2) is 18.2 Å². The average Bonchev–Trinajstić information content (AvgIpc) is 3.79. The Morgan fingerprint density at radius 3 is 2.22 bits per heavy atom.